The van der Waals surface area contributed by atoms with Gasteiger partial charge in [-0.3, -0.25) is 9.59 Å². The first-order valence-electron chi connectivity index (χ1n) is 7.35. The summed E-state index contributed by atoms with van der Waals surface area (Å²) >= 11 is 0. The molecule has 2 rings (SSSR count). The van der Waals surface area contributed by atoms with E-state index in [1.807, 2.05) is 44.2 Å². The highest BCUT2D eigenvalue weighted by molar-refractivity contribution is 5.95. The number of hydrogen-bond acceptors (Lipinski definition) is 3. The molecule has 0 aliphatic heterocycles. The van der Waals surface area contributed by atoms with E-state index in [-0.39, 0.29) is 24.1 Å². The molecule has 0 radical (unpaired) electrons. The summed E-state index contributed by atoms with van der Waals surface area (Å²) < 4.78 is 5.46. The van der Waals surface area contributed by atoms with Gasteiger partial charge in [-0.25, -0.2) is 0 Å². The van der Waals surface area contributed by atoms with Crippen molar-refractivity contribution in [3.63, 3.8) is 0 Å². The third kappa shape index (κ3) is 4.57. The van der Waals surface area contributed by atoms with Gasteiger partial charge in [0, 0.05) is 0 Å². The van der Waals surface area contributed by atoms with Gasteiger partial charge in [-0.2, -0.15) is 0 Å². The number of nitrogens with two attached hydrogens (primary N) is 1. The highest BCUT2D eigenvalue weighted by Crippen LogP contribution is 2.20. The number of rotatable bonds is 6. The van der Waals surface area contributed by atoms with Crippen LogP contribution in [-0.2, 0) is 4.79 Å². The third-order valence-electron chi connectivity index (χ3n) is 3.44. The summed E-state index contributed by atoms with van der Waals surface area (Å²) in [6.07, 6.45) is 0. The van der Waals surface area contributed by atoms with Crippen LogP contribution in [0.4, 0.5) is 0 Å². The average molecular weight is 312 g/mol. The summed E-state index contributed by atoms with van der Waals surface area (Å²) in [6.45, 7) is 3.59. The molecule has 0 heterocycles. The largest absolute Gasteiger partial charge is 0.483 e. The zero-order valence-corrected chi connectivity index (χ0v) is 13.2. The van der Waals surface area contributed by atoms with Crippen LogP contribution in [0.25, 0.3) is 0 Å². The molecule has 0 aromatic heterocycles. The van der Waals surface area contributed by atoms with Gasteiger partial charge in [0.15, 0.2) is 6.61 Å². The Hall–Kier alpha value is -2.82. The maximum absolute atomic E-state index is 12.0. The minimum Gasteiger partial charge on any atom is -0.483 e. The molecule has 0 saturated heterocycles. The van der Waals surface area contributed by atoms with Crippen LogP contribution < -0.4 is 15.8 Å². The number of benzene rings is 2. The molecular weight excluding hydrogens is 292 g/mol. The minimum absolute atomic E-state index is 0.125. The predicted octanol–water partition coefficient (Wildman–Crippen LogP) is 2.35. The Labute approximate surface area is 135 Å². The molecule has 5 heteroatoms. The minimum atomic E-state index is -0.585. The lowest BCUT2D eigenvalue weighted by Gasteiger charge is -2.15. The van der Waals surface area contributed by atoms with Crippen LogP contribution in [0.3, 0.4) is 0 Å². The Bertz CT molecular complexity index is 699. The maximum Gasteiger partial charge on any atom is 0.258 e. The van der Waals surface area contributed by atoms with Gasteiger partial charge in [0.1, 0.15) is 5.75 Å². The fourth-order valence-electron chi connectivity index (χ4n) is 2.20. The van der Waals surface area contributed by atoms with Gasteiger partial charge in [0.05, 0.1) is 11.6 Å². The van der Waals surface area contributed by atoms with Gasteiger partial charge in [-0.05, 0) is 37.1 Å². The van der Waals surface area contributed by atoms with Crippen molar-refractivity contribution in [2.75, 3.05) is 6.61 Å². The molecule has 0 bridgehead atoms. The van der Waals surface area contributed by atoms with Crippen molar-refractivity contribution in [1.29, 1.82) is 0 Å². The molecule has 1 atom stereocenters. The van der Waals surface area contributed by atoms with Crippen molar-refractivity contribution in [1.82, 2.24) is 5.32 Å². The zero-order valence-electron chi connectivity index (χ0n) is 13.2. The summed E-state index contributed by atoms with van der Waals surface area (Å²) in [5.41, 5.74) is 7.50. The Morgan fingerprint density at radius 2 is 1.87 bits per heavy atom. The van der Waals surface area contributed by atoms with Crippen molar-refractivity contribution in [3.05, 3.63) is 65.2 Å². The van der Waals surface area contributed by atoms with Gasteiger partial charge in [0.2, 0.25) is 0 Å². The summed E-state index contributed by atoms with van der Waals surface area (Å²) in [5.74, 6) is -0.531. The lowest BCUT2D eigenvalue weighted by Crippen LogP contribution is -2.31. The van der Waals surface area contributed by atoms with Crippen molar-refractivity contribution in [2.24, 2.45) is 5.73 Å². The Morgan fingerprint density at radius 1 is 1.17 bits per heavy atom. The number of nitrogens with one attached hydrogen (secondary N) is 1. The molecule has 0 aliphatic rings. The van der Waals surface area contributed by atoms with Gasteiger partial charge >= 0.3 is 0 Å². The molecule has 0 spiro atoms. The van der Waals surface area contributed by atoms with Gasteiger partial charge < -0.3 is 15.8 Å². The van der Waals surface area contributed by atoms with Crippen LogP contribution >= 0.6 is 0 Å². The highest BCUT2D eigenvalue weighted by Gasteiger charge is 2.13. The van der Waals surface area contributed by atoms with Crippen molar-refractivity contribution >= 4 is 11.8 Å². The van der Waals surface area contributed by atoms with Crippen LogP contribution in [0.5, 0.6) is 5.75 Å². The van der Waals surface area contributed by atoms with Crippen LogP contribution in [0.15, 0.2) is 48.5 Å². The topological polar surface area (TPSA) is 81.4 Å². The molecule has 0 saturated carbocycles. The van der Waals surface area contributed by atoms with E-state index >= 15 is 0 Å². The number of amides is 2. The normalized spacial score (nSPS) is 11.6. The fourth-order valence-corrected chi connectivity index (χ4v) is 2.20. The summed E-state index contributed by atoms with van der Waals surface area (Å²) in [5, 5.41) is 2.85. The Balaban J connectivity index is 1.97. The van der Waals surface area contributed by atoms with Crippen LogP contribution in [0, 0.1) is 6.92 Å². The van der Waals surface area contributed by atoms with Gasteiger partial charge in [-0.15, -0.1) is 0 Å². The van der Waals surface area contributed by atoms with E-state index in [0.717, 1.165) is 11.1 Å². The van der Waals surface area contributed by atoms with E-state index in [9.17, 15) is 9.59 Å². The number of ether oxygens (including phenoxy) is 1. The summed E-state index contributed by atoms with van der Waals surface area (Å²) in [6, 6.07) is 14.6. The molecule has 5 nitrogen and oxygen atoms in total. The second-order valence-corrected chi connectivity index (χ2v) is 5.35. The number of carbonyl (C=O) groups is 2. The summed E-state index contributed by atoms with van der Waals surface area (Å²) in [4.78, 5) is 23.4. The number of hydrogen-bond donors (Lipinski definition) is 2. The monoisotopic (exact) mass is 312 g/mol. The molecular formula is C18H20N2O3. The average Bonchev–Trinajstić information content (AvgIpc) is 2.53. The molecule has 120 valence electrons. The molecule has 1 unspecified atom stereocenters. The SMILES string of the molecule is Cc1ccc(C(N)=O)c(OCC(=O)NC(C)c2ccccc2)c1. The Kier molecular flexibility index (Phi) is 5.36. The van der Waals surface area contributed by atoms with E-state index in [0.29, 0.717) is 5.75 Å². The van der Waals surface area contributed by atoms with E-state index in [2.05, 4.69) is 5.32 Å². The Morgan fingerprint density at radius 3 is 2.52 bits per heavy atom. The zero-order chi connectivity index (χ0) is 16.8. The molecule has 23 heavy (non-hydrogen) atoms. The first kappa shape index (κ1) is 16.5. The van der Waals surface area contributed by atoms with E-state index in [1.54, 1.807) is 18.2 Å². The first-order valence-corrected chi connectivity index (χ1v) is 7.35. The van der Waals surface area contributed by atoms with Crippen LogP contribution in [0.1, 0.15) is 34.5 Å². The van der Waals surface area contributed by atoms with Crippen LogP contribution in [0.2, 0.25) is 0 Å². The van der Waals surface area contributed by atoms with E-state index < -0.39 is 5.91 Å². The lowest BCUT2D eigenvalue weighted by atomic mass is 10.1. The number of primary amides is 1. The number of aryl methyl sites for hydroxylation is 1. The molecule has 0 aliphatic carbocycles. The lowest BCUT2D eigenvalue weighted by molar-refractivity contribution is -0.123. The molecule has 2 amide bonds. The summed E-state index contributed by atoms with van der Waals surface area (Å²) in [7, 11) is 0. The maximum atomic E-state index is 12.0. The fraction of sp³-hybridized carbons (Fsp3) is 0.222. The molecule has 2 aromatic carbocycles. The first-order chi connectivity index (χ1) is 11.0. The highest BCUT2D eigenvalue weighted by atomic mass is 16.5. The molecule has 2 aromatic rings. The van der Waals surface area contributed by atoms with Crippen molar-refractivity contribution in [2.45, 2.75) is 19.9 Å². The smallest absolute Gasteiger partial charge is 0.258 e. The van der Waals surface area contributed by atoms with Crippen LogP contribution in [-0.4, -0.2) is 18.4 Å². The second kappa shape index (κ2) is 7.45. The van der Waals surface area contributed by atoms with E-state index in [1.165, 1.54) is 0 Å². The van der Waals surface area contributed by atoms with Gasteiger partial charge in [0.25, 0.3) is 11.8 Å². The van der Waals surface area contributed by atoms with Gasteiger partial charge in [-0.1, -0.05) is 36.4 Å². The number of carbonyl (C=O) groups excluding carboxylic acids is 2. The van der Waals surface area contributed by atoms with E-state index in [4.69, 9.17) is 10.5 Å². The van der Waals surface area contributed by atoms with Crippen molar-refractivity contribution in [3.8, 4) is 5.75 Å². The quantitative estimate of drug-likeness (QED) is 0.859. The van der Waals surface area contributed by atoms with Crippen molar-refractivity contribution < 1.29 is 14.3 Å². The predicted molar refractivity (Wildman–Crippen MR) is 88.2 cm³/mol. The second-order valence-electron chi connectivity index (χ2n) is 5.35. The molecule has 0 fully saturated rings. The third-order valence-corrected chi connectivity index (χ3v) is 3.44. The molecule has 3 N–H and O–H groups in total. The standard InChI is InChI=1S/C18H20N2O3/c1-12-8-9-15(18(19)22)16(10-12)23-11-17(21)20-13(2)14-6-4-3-5-7-14/h3-10,13H,11H2,1-2H3,(H2,19,22)(H,20,21).